The molecule has 0 aliphatic heterocycles. The van der Waals surface area contributed by atoms with Crippen LogP contribution < -0.4 is 5.32 Å². The fourth-order valence-electron chi connectivity index (χ4n) is 1.45. The van der Waals surface area contributed by atoms with Gasteiger partial charge in [0.2, 0.25) is 5.91 Å². The van der Waals surface area contributed by atoms with Gasteiger partial charge in [-0.1, -0.05) is 6.07 Å². The van der Waals surface area contributed by atoms with Crippen molar-refractivity contribution in [3.63, 3.8) is 0 Å². The summed E-state index contributed by atoms with van der Waals surface area (Å²) in [6.07, 6.45) is 1.50. The molecule has 1 N–H and O–H groups in total. The monoisotopic (exact) mass is 265 g/mol. The highest BCUT2D eigenvalue weighted by Crippen LogP contribution is 2.18. The lowest BCUT2D eigenvalue weighted by molar-refractivity contribution is -0.115. The minimum absolute atomic E-state index is 0.247. The maximum Gasteiger partial charge on any atom is 0.242 e. The van der Waals surface area contributed by atoms with Gasteiger partial charge in [0.25, 0.3) is 0 Å². The van der Waals surface area contributed by atoms with E-state index in [0.717, 1.165) is 11.3 Å². The number of hydrogen-bond acceptors (Lipinski definition) is 4. The minimum atomic E-state index is -0.581. The highest BCUT2D eigenvalue weighted by atomic mass is 35.5. The molecule has 0 saturated carbocycles. The molecule has 2 aromatic rings. The van der Waals surface area contributed by atoms with Gasteiger partial charge in [0.1, 0.15) is 11.7 Å². The molecule has 0 fully saturated rings. The molecule has 0 spiro atoms. The largest absolute Gasteiger partial charge is 0.325 e. The lowest BCUT2D eigenvalue weighted by atomic mass is 10.2. The summed E-state index contributed by atoms with van der Waals surface area (Å²) in [5, 5.41) is 13.1. The molecular formula is C11H12ClN5O. The van der Waals surface area contributed by atoms with Crippen LogP contribution in [0.1, 0.15) is 12.5 Å². The molecule has 18 heavy (non-hydrogen) atoms. The molecule has 0 aliphatic rings. The first kappa shape index (κ1) is 12.5. The maximum atomic E-state index is 11.5. The first-order chi connectivity index (χ1) is 8.58. The third kappa shape index (κ3) is 2.65. The second-order valence-electron chi connectivity index (χ2n) is 3.86. The van der Waals surface area contributed by atoms with Crippen LogP contribution in [0.4, 0.5) is 5.69 Å². The van der Waals surface area contributed by atoms with Gasteiger partial charge < -0.3 is 5.32 Å². The van der Waals surface area contributed by atoms with Crippen molar-refractivity contribution in [3.05, 3.63) is 30.1 Å². The SMILES string of the molecule is Cc1ccc(NC(=O)C(C)Cl)cc1-n1cnnn1. The van der Waals surface area contributed by atoms with Gasteiger partial charge in [-0.25, -0.2) is 4.68 Å². The molecule has 2 rings (SSSR count). The number of carbonyl (C=O) groups excluding carboxylic acids is 1. The first-order valence-electron chi connectivity index (χ1n) is 5.37. The number of amides is 1. The minimum Gasteiger partial charge on any atom is -0.325 e. The molecule has 1 aromatic heterocycles. The predicted octanol–water partition coefficient (Wildman–Crippen LogP) is 1.54. The first-order valence-corrected chi connectivity index (χ1v) is 5.80. The summed E-state index contributed by atoms with van der Waals surface area (Å²) in [6, 6.07) is 5.48. The topological polar surface area (TPSA) is 72.7 Å². The normalized spacial score (nSPS) is 12.2. The van der Waals surface area contributed by atoms with Crippen molar-refractivity contribution in [3.8, 4) is 5.69 Å². The molecule has 94 valence electrons. The van der Waals surface area contributed by atoms with Crippen LogP contribution in [-0.4, -0.2) is 31.5 Å². The fourth-order valence-corrected chi connectivity index (χ4v) is 1.50. The van der Waals surface area contributed by atoms with E-state index >= 15 is 0 Å². The summed E-state index contributed by atoms with van der Waals surface area (Å²) in [6.45, 7) is 3.56. The number of aryl methyl sites for hydroxylation is 1. The Kier molecular flexibility index (Phi) is 3.57. The van der Waals surface area contributed by atoms with Crippen molar-refractivity contribution in [2.24, 2.45) is 0 Å². The molecule has 1 amide bonds. The molecule has 1 heterocycles. The van der Waals surface area contributed by atoms with Crippen molar-refractivity contribution < 1.29 is 4.79 Å². The number of aromatic nitrogens is 4. The number of nitrogens with one attached hydrogen (secondary N) is 1. The lowest BCUT2D eigenvalue weighted by Gasteiger charge is -2.10. The average Bonchev–Trinajstić information content (AvgIpc) is 2.85. The Balaban J connectivity index is 2.30. The van der Waals surface area contributed by atoms with E-state index in [1.165, 1.54) is 11.0 Å². The van der Waals surface area contributed by atoms with Crippen LogP contribution in [0.25, 0.3) is 5.69 Å². The predicted molar refractivity (Wildman–Crippen MR) is 67.8 cm³/mol. The molecule has 0 saturated heterocycles. The zero-order valence-electron chi connectivity index (χ0n) is 9.96. The number of rotatable bonds is 3. The number of benzene rings is 1. The van der Waals surface area contributed by atoms with Gasteiger partial charge in [-0.2, -0.15) is 0 Å². The van der Waals surface area contributed by atoms with E-state index in [-0.39, 0.29) is 5.91 Å². The van der Waals surface area contributed by atoms with Crippen LogP contribution >= 0.6 is 11.6 Å². The summed E-state index contributed by atoms with van der Waals surface area (Å²) >= 11 is 5.70. The van der Waals surface area contributed by atoms with Gasteiger partial charge in [-0.15, -0.1) is 16.7 Å². The average molecular weight is 266 g/mol. The van der Waals surface area contributed by atoms with Crippen LogP contribution in [0.2, 0.25) is 0 Å². The van der Waals surface area contributed by atoms with Crippen LogP contribution in [0, 0.1) is 6.92 Å². The van der Waals surface area contributed by atoms with Crippen molar-refractivity contribution in [2.45, 2.75) is 19.2 Å². The van der Waals surface area contributed by atoms with E-state index in [9.17, 15) is 4.79 Å². The quantitative estimate of drug-likeness (QED) is 0.855. The summed E-state index contributed by atoms with van der Waals surface area (Å²) < 4.78 is 1.54. The van der Waals surface area contributed by atoms with E-state index in [1.807, 2.05) is 13.0 Å². The Morgan fingerprint density at radius 1 is 1.50 bits per heavy atom. The van der Waals surface area contributed by atoms with E-state index in [0.29, 0.717) is 5.69 Å². The Hall–Kier alpha value is -1.95. The smallest absolute Gasteiger partial charge is 0.242 e. The molecule has 0 radical (unpaired) electrons. The summed E-state index contributed by atoms with van der Waals surface area (Å²) in [7, 11) is 0. The number of hydrogen-bond donors (Lipinski definition) is 1. The maximum absolute atomic E-state index is 11.5. The zero-order chi connectivity index (χ0) is 13.1. The van der Waals surface area contributed by atoms with Gasteiger partial charge in [0.05, 0.1) is 5.69 Å². The van der Waals surface area contributed by atoms with E-state index in [2.05, 4.69) is 20.8 Å². The second-order valence-corrected chi connectivity index (χ2v) is 4.52. The highest BCUT2D eigenvalue weighted by Gasteiger charge is 2.10. The van der Waals surface area contributed by atoms with E-state index in [4.69, 9.17) is 11.6 Å². The van der Waals surface area contributed by atoms with Crippen LogP contribution in [0.3, 0.4) is 0 Å². The molecule has 6 nitrogen and oxygen atoms in total. The van der Waals surface area contributed by atoms with Crippen molar-refractivity contribution in [1.82, 2.24) is 20.2 Å². The molecular weight excluding hydrogens is 254 g/mol. The second kappa shape index (κ2) is 5.14. The number of alkyl halides is 1. The van der Waals surface area contributed by atoms with Gasteiger partial charge in [0, 0.05) is 5.69 Å². The molecule has 1 unspecified atom stereocenters. The van der Waals surface area contributed by atoms with E-state index < -0.39 is 5.38 Å². The Morgan fingerprint density at radius 3 is 2.89 bits per heavy atom. The number of anilines is 1. The molecule has 1 aromatic carbocycles. The lowest BCUT2D eigenvalue weighted by Crippen LogP contribution is -2.20. The third-order valence-electron chi connectivity index (χ3n) is 2.43. The van der Waals surface area contributed by atoms with Gasteiger partial charge >= 0.3 is 0 Å². The standard InChI is InChI=1S/C11H12ClN5O/c1-7-3-4-9(14-11(18)8(2)12)5-10(7)17-6-13-15-16-17/h3-6,8H,1-2H3,(H,14,18). The van der Waals surface area contributed by atoms with Crippen molar-refractivity contribution in [2.75, 3.05) is 5.32 Å². The summed E-state index contributed by atoms with van der Waals surface area (Å²) in [4.78, 5) is 11.5. The van der Waals surface area contributed by atoms with Gasteiger partial charge in [-0.05, 0) is 42.0 Å². The Bertz CT molecular complexity index is 553. The number of nitrogens with zero attached hydrogens (tertiary/aromatic N) is 4. The Morgan fingerprint density at radius 2 is 2.28 bits per heavy atom. The number of tetrazole rings is 1. The molecule has 0 bridgehead atoms. The fraction of sp³-hybridized carbons (Fsp3) is 0.273. The molecule has 1 atom stereocenters. The number of carbonyl (C=O) groups is 1. The van der Waals surface area contributed by atoms with Crippen molar-refractivity contribution in [1.29, 1.82) is 0 Å². The van der Waals surface area contributed by atoms with Gasteiger partial charge in [0.15, 0.2) is 0 Å². The zero-order valence-corrected chi connectivity index (χ0v) is 10.7. The van der Waals surface area contributed by atoms with Crippen LogP contribution in [0.15, 0.2) is 24.5 Å². The number of halogens is 1. The van der Waals surface area contributed by atoms with Crippen molar-refractivity contribution >= 4 is 23.2 Å². The molecule has 0 aliphatic carbocycles. The van der Waals surface area contributed by atoms with Crippen LogP contribution in [0.5, 0.6) is 0 Å². The van der Waals surface area contributed by atoms with Crippen LogP contribution in [-0.2, 0) is 4.79 Å². The van der Waals surface area contributed by atoms with Gasteiger partial charge in [-0.3, -0.25) is 4.79 Å². The summed E-state index contributed by atoms with van der Waals surface area (Å²) in [5.41, 5.74) is 2.46. The molecule has 7 heteroatoms. The van der Waals surface area contributed by atoms with E-state index in [1.54, 1.807) is 19.1 Å². The third-order valence-corrected chi connectivity index (χ3v) is 2.63. The summed E-state index contributed by atoms with van der Waals surface area (Å²) in [5.74, 6) is -0.247. The Labute approximate surface area is 109 Å². The highest BCUT2D eigenvalue weighted by molar-refractivity contribution is 6.32.